The average molecular weight is 210 g/mol. The third-order valence-corrected chi connectivity index (χ3v) is 3.16. The number of carbonyl (C=O) groups is 1. The SMILES string of the molecule is Cl.O=C(Cl)C1CC2CCN1CC2. The zero-order valence-electron chi connectivity index (χ0n) is 6.83. The molecule has 4 heteroatoms. The Kier molecular flexibility index (Phi) is 3.38. The molecule has 3 aliphatic rings. The lowest BCUT2D eigenvalue weighted by molar-refractivity contribution is -0.120. The summed E-state index contributed by atoms with van der Waals surface area (Å²) in [5.41, 5.74) is 0. The number of piperidine rings is 3. The summed E-state index contributed by atoms with van der Waals surface area (Å²) in [4.78, 5) is 13.1. The molecule has 2 nitrogen and oxygen atoms in total. The van der Waals surface area contributed by atoms with Crippen molar-refractivity contribution in [3.63, 3.8) is 0 Å². The number of carbonyl (C=O) groups excluding carboxylic acids is 1. The molecule has 70 valence electrons. The number of halogens is 2. The lowest BCUT2D eigenvalue weighted by Crippen LogP contribution is -2.51. The molecule has 0 N–H and O–H groups in total. The van der Waals surface area contributed by atoms with Crippen LogP contribution in [0.3, 0.4) is 0 Å². The molecule has 0 spiro atoms. The molecular formula is C8H13Cl2NO. The maximum Gasteiger partial charge on any atom is 0.238 e. The molecule has 1 unspecified atom stereocenters. The van der Waals surface area contributed by atoms with Gasteiger partial charge in [0, 0.05) is 0 Å². The molecule has 0 aliphatic carbocycles. The Morgan fingerprint density at radius 3 is 2.17 bits per heavy atom. The Labute approximate surface area is 83.7 Å². The van der Waals surface area contributed by atoms with E-state index >= 15 is 0 Å². The Balaban J connectivity index is 0.000000720. The van der Waals surface area contributed by atoms with Crippen LogP contribution < -0.4 is 0 Å². The van der Waals surface area contributed by atoms with Gasteiger partial charge in [-0.05, 0) is 49.9 Å². The van der Waals surface area contributed by atoms with Gasteiger partial charge in [0.15, 0.2) is 0 Å². The van der Waals surface area contributed by atoms with Gasteiger partial charge in [0.05, 0.1) is 6.04 Å². The van der Waals surface area contributed by atoms with Crippen LogP contribution in [0.5, 0.6) is 0 Å². The molecule has 0 amide bonds. The van der Waals surface area contributed by atoms with E-state index in [2.05, 4.69) is 4.90 Å². The lowest BCUT2D eigenvalue weighted by atomic mass is 9.84. The molecule has 3 heterocycles. The van der Waals surface area contributed by atoms with Crippen LogP contribution in [0.25, 0.3) is 0 Å². The van der Waals surface area contributed by atoms with Crippen LogP contribution in [0.15, 0.2) is 0 Å². The van der Waals surface area contributed by atoms with Crippen molar-refractivity contribution in [2.24, 2.45) is 5.92 Å². The summed E-state index contributed by atoms with van der Waals surface area (Å²) in [5, 5.41) is -0.158. The van der Waals surface area contributed by atoms with Crippen LogP contribution >= 0.6 is 24.0 Å². The summed E-state index contributed by atoms with van der Waals surface area (Å²) in [5.74, 6) is 0.771. The first-order valence-corrected chi connectivity index (χ1v) is 4.58. The van der Waals surface area contributed by atoms with E-state index in [-0.39, 0.29) is 23.7 Å². The maximum absolute atomic E-state index is 10.9. The number of hydrogen-bond donors (Lipinski definition) is 0. The molecule has 0 aromatic carbocycles. The minimum atomic E-state index is -0.158. The van der Waals surface area contributed by atoms with Gasteiger partial charge in [-0.25, -0.2) is 0 Å². The van der Waals surface area contributed by atoms with Crippen LogP contribution in [-0.2, 0) is 4.79 Å². The molecule has 0 saturated carbocycles. The summed E-state index contributed by atoms with van der Waals surface area (Å²) in [6.07, 6.45) is 3.53. The van der Waals surface area contributed by atoms with Crippen molar-refractivity contribution in [1.82, 2.24) is 4.90 Å². The number of rotatable bonds is 1. The quantitative estimate of drug-likeness (QED) is 0.613. The topological polar surface area (TPSA) is 20.3 Å². The Morgan fingerprint density at radius 2 is 1.92 bits per heavy atom. The van der Waals surface area contributed by atoms with Gasteiger partial charge < -0.3 is 0 Å². The van der Waals surface area contributed by atoms with Gasteiger partial charge in [-0.15, -0.1) is 12.4 Å². The molecule has 3 fully saturated rings. The molecule has 3 saturated heterocycles. The van der Waals surface area contributed by atoms with Crippen LogP contribution in [0.4, 0.5) is 0 Å². The highest BCUT2D eigenvalue weighted by molar-refractivity contribution is 6.64. The highest BCUT2D eigenvalue weighted by Gasteiger charge is 2.36. The van der Waals surface area contributed by atoms with Crippen molar-refractivity contribution >= 4 is 29.3 Å². The van der Waals surface area contributed by atoms with Crippen LogP contribution in [0, 0.1) is 5.92 Å². The predicted octanol–water partition coefficient (Wildman–Crippen LogP) is 1.66. The number of fused-ring (bicyclic) bond motifs is 3. The summed E-state index contributed by atoms with van der Waals surface area (Å²) in [7, 11) is 0. The van der Waals surface area contributed by atoms with Crippen molar-refractivity contribution in [2.75, 3.05) is 13.1 Å². The molecule has 0 radical (unpaired) electrons. The van der Waals surface area contributed by atoms with Gasteiger partial charge >= 0.3 is 0 Å². The third kappa shape index (κ3) is 1.76. The fourth-order valence-corrected chi connectivity index (χ4v) is 2.43. The van der Waals surface area contributed by atoms with E-state index in [9.17, 15) is 4.79 Å². The predicted molar refractivity (Wildman–Crippen MR) is 50.8 cm³/mol. The van der Waals surface area contributed by atoms with Crippen molar-refractivity contribution in [1.29, 1.82) is 0 Å². The molecule has 0 aromatic rings. The van der Waals surface area contributed by atoms with E-state index in [4.69, 9.17) is 11.6 Å². The largest absolute Gasteiger partial charge is 0.292 e. The summed E-state index contributed by atoms with van der Waals surface area (Å²) in [6.45, 7) is 2.15. The third-order valence-electron chi connectivity index (χ3n) is 2.91. The first-order valence-electron chi connectivity index (χ1n) is 4.21. The standard InChI is InChI=1S/C8H12ClNO.ClH/c9-8(11)7-5-6-1-3-10(7)4-2-6;/h6-7H,1-5H2;1H. The Morgan fingerprint density at radius 1 is 1.33 bits per heavy atom. The molecule has 0 aromatic heterocycles. The zero-order chi connectivity index (χ0) is 7.84. The monoisotopic (exact) mass is 209 g/mol. The summed E-state index contributed by atoms with van der Waals surface area (Å²) < 4.78 is 0. The zero-order valence-corrected chi connectivity index (χ0v) is 8.40. The number of nitrogens with zero attached hydrogens (tertiary/aromatic N) is 1. The van der Waals surface area contributed by atoms with E-state index in [0.717, 1.165) is 25.4 Å². The van der Waals surface area contributed by atoms with Gasteiger partial charge in [-0.3, -0.25) is 9.69 Å². The first kappa shape index (κ1) is 10.3. The van der Waals surface area contributed by atoms with Gasteiger partial charge in [-0.2, -0.15) is 0 Å². The van der Waals surface area contributed by atoms with E-state index in [0.29, 0.717) is 0 Å². The molecule has 2 bridgehead atoms. The number of hydrogen-bond acceptors (Lipinski definition) is 2. The van der Waals surface area contributed by atoms with Crippen molar-refractivity contribution in [3.8, 4) is 0 Å². The van der Waals surface area contributed by atoms with Crippen LogP contribution in [-0.4, -0.2) is 29.3 Å². The minimum Gasteiger partial charge on any atom is -0.292 e. The van der Waals surface area contributed by atoms with E-state index < -0.39 is 0 Å². The fraction of sp³-hybridized carbons (Fsp3) is 0.875. The second-order valence-corrected chi connectivity index (χ2v) is 3.91. The summed E-state index contributed by atoms with van der Waals surface area (Å²) in [6, 6.07) is 0.0455. The van der Waals surface area contributed by atoms with Gasteiger partial charge in [-0.1, -0.05) is 0 Å². The smallest absolute Gasteiger partial charge is 0.238 e. The summed E-state index contributed by atoms with van der Waals surface area (Å²) >= 11 is 5.47. The molecule has 1 atom stereocenters. The average Bonchev–Trinajstić information content (AvgIpc) is 2.06. The highest BCUT2D eigenvalue weighted by atomic mass is 35.5. The molecule has 3 rings (SSSR count). The fourth-order valence-electron chi connectivity index (χ4n) is 2.20. The van der Waals surface area contributed by atoms with Crippen LogP contribution in [0.1, 0.15) is 19.3 Å². The lowest BCUT2D eigenvalue weighted by Gasteiger charge is -2.43. The second kappa shape index (κ2) is 3.95. The van der Waals surface area contributed by atoms with Gasteiger partial charge in [0.25, 0.3) is 0 Å². The van der Waals surface area contributed by atoms with Crippen molar-refractivity contribution in [2.45, 2.75) is 25.3 Å². The van der Waals surface area contributed by atoms with E-state index in [1.165, 1.54) is 12.8 Å². The maximum atomic E-state index is 10.9. The van der Waals surface area contributed by atoms with Gasteiger partial charge in [0.1, 0.15) is 0 Å². The molecular weight excluding hydrogens is 197 g/mol. The Bertz CT molecular complexity index is 178. The molecule has 3 aliphatic heterocycles. The second-order valence-electron chi connectivity index (χ2n) is 3.53. The Hall–Kier alpha value is 0.210. The normalized spacial score (nSPS) is 38.9. The minimum absolute atomic E-state index is 0. The van der Waals surface area contributed by atoms with Crippen molar-refractivity contribution < 1.29 is 4.79 Å². The van der Waals surface area contributed by atoms with Gasteiger partial charge in [0.2, 0.25) is 5.24 Å². The first-order chi connectivity index (χ1) is 5.27. The van der Waals surface area contributed by atoms with Crippen molar-refractivity contribution in [3.05, 3.63) is 0 Å². The van der Waals surface area contributed by atoms with Crippen LogP contribution in [0.2, 0.25) is 0 Å². The van der Waals surface area contributed by atoms with E-state index in [1.54, 1.807) is 0 Å². The molecule has 12 heavy (non-hydrogen) atoms. The van der Waals surface area contributed by atoms with E-state index in [1.807, 2.05) is 0 Å². The highest BCUT2D eigenvalue weighted by Crippen LogP contribution is 2.32.